The summed E-state index contributed by atoms with van der Waals surface area (Å²) in [7, 11) is 1.66. The van der Waals surface area contributed by atoms with Crippen LogP contribution in [0.5, 0.6) is 5.75 Å². The summed E-state index contributed by atoms with van der Waals surface area (Å²) in [6, 6.07) is 24.4. The Hall–Kier alpha value is -2.83. The predicted octanol–water partition coefficient (Wildman–Crippen LogP) is 7.14. The second kappa shape index (κ2) is 10.9. The molecule has 0 N–H and O–H groups in total. The summed E-state index contributed by atoms with van der Waals surface area (Å²) in [5.74, 6) is 2.01. The molecule has 6 heteroatoms. The van der Waals surface area contributed by atoms with E-state index in [9.17, 15) is 4.79 Å². The van der Waals surface area contributed by atoms with Gasteiger partial charge in [-0.05, 0) is 47.4 Å². The summed E-state index contributed by atoms with van der Waals surface area (Å²) in [6.07, 6.45) is 0.441. The third-order valence-electron chi connectivity index (χ3n) is 5.42. The van der Waals surface area contributed by atoms with Gasteiger partial charge in [-0.1, -0.05) is 67.6 Å². The van der Waals surface area contributed by atoms with Crippen LogP contribution in [0.15, 0.2) is 77.7 Å². The fourth-order valence-electron chi connectivity index (χ4n) is 3.63. The number of hydrogen-bond acceptors (Lipinski definition) is 5. The number of fused-ring (bicyclic) bond motifs is 1. The number of methoxy groups -OCH3 is 1. The summed E-state index contributed by atoms with van der Waals surface area (Å²) in [4.78, 5) is 21.3. The lowest BCUT2D eigenvalue weighted by molar-refractivity contribution is -0.118. The van der Waals surface area contributed by atoms with Gasteiger partial charge >= 0.3 is 0 Å². The number of nitrogens with zero attached hydrogens (tertiary/aromatic N) is 2. The monoisotopic (exact) mass is 476 g/mol. The van der Waals surface area contributed by atoms with Gasteiger partial charge < -0.3 is 4.74 Å². The first kappa shape index (κ1) is 23.3. The van der Waals surface area contributed by atoms with E-state index in [2.05, 4.69) is 44.2 Å². The van der Waals surface area contributed by atoms with Crippen LogP contribution in [0.4, 0.5) is 5.13 Å². The normalized spacial score (nSPS) is 11.2. The summed E-state index contributed by atoms with van der Waals surface area (Å²) in [5, 5.41) is 0.765. The molecular formula is C27H28N2O2S2. The Morgan fingerprint density at radius 1 is 1.03 bits per heavy atom. The zero-order valence-electron chi connectivity index (χ0n) is 19.2. The molecule has 0 aliphatic rings. The second-order valence-electron chi connectivity index (χ2n) is 8.08. The Bertz CT molecular complexity index is 1200. The summed E-state index contributed by atoms with van der Waals surface area (Å²) >= 11 is 3.27. The van der Waals surface area contributed by atoms with E-state index in [-0.39, 0.29) is 5.91 Å². The number of carbonyl (C=O) groups excluding carboxylic acids is 1. The molecule has 1 aromatic heterocycles. The number of anilines is 1. The number of ether oxygens (including phenoxy) is 1. The molecule has 3 aromatic carbocycles. The molecule has 1 heterocycles. The van der Waals surface area contributed by atoms with Gasteiger partial charge in [0.1, 0.15) is 5.75 Å². The highest BCUT2D eigenvalue weighted by Gasteiger charge is 2.21. The molecule has 0 saturated carbocycles. The van der Waals surface area contributed by atoms with Gasteiger partial charge in [0.05, 0.1) is 23.9 Å². The predicted molar refractivity (Wildman–Crippen MR) is 140 cm³/mol. The number of para-hydroxylation sites is 1. The Labute approximate surface area is 203 Å². The maximum absolute atomic E-state index is 13.4. The van der Waals surface area contributed by atoms with Crippen LogP contribution in [-0.4, -0.2) is 23.8 Å². The van der Waals surface area contributed by atoms with Gasteiger partial charge in [-0.25, -0.2) is 4.98 Å². The van der Waals surface area contributed by atoms with Crippen molar-refractivity contribution in [1.29, 1.82) is 0 Å². The minimum absolute atomic E-state index is 0.0880. The number of benzene rings is 3. The molecule has 1 amide bonds. The van der Waals surface area contributed by atoms with Gasteiger partial charge in [-0.3, -0.25) is 9.69 Å². The van der Waals surface area contributed by atoms with Crippen molar-refractivity contribution >= 4 is 44.4 Å². The average molecular weight is 477 g/mol. The highest BCUT2D eigenvalue weighted by molar-refractivity contribution is 7.99. The zero-order chi connectivity index (χ0) is 23.2. The molecule has 33 heavy (non-hydrogen) atoms. The van der Waals surface area contributed by atoms with Crippen molar-refractivity contribution in [3.05, 3.63) is 83.9 Å². The molecule has 4 rings (SSSR count). The van der Waals surface area contributed by atoms with Crippen molar-refractivity contribution in [2.75, 3.05) is 17.8 Å². The first-order valence-electron chi connectivity index (χ1n) is 11.1. The topological polar surface area (TPSA) is 42.4 Å². The summed E-state index contributed by atoms with van der Waals surface area (Å²) in [5.41, 5.74) is 3.32. The first-order valence-corrected chi connectivity index (χ1v) is 12.9. The fraction of sp³-hybridized carbons (Fsp3) is 0.259. The van der Waals surface area contributed by atoms with Crippen LogP contribution in [0.1, 0.15) is 37.3 Å². The molecule has 0 atom stereocenters. The molecule has 0 fully saturated rings. The molecule has 0 bridgehead atoms. The van der Waals surface area contributed by atoms with E-state index in [4.69, 9.17) is 9.72 Å². The van der Waals surface area contributed by atoms with E-state index < -0.39 is 0 Å². The van der Waals surface area contributed by atoms with Gasteiger partial charge in [0.25, 0.3) is 0 Å². The second-order valence-corrected chi connectivity index (χ2v) is 10.3. The summed E-state index contributed by atoms with van der Waals surface area (Å²) < 4.78 is 6.34. The molecule has 0 radical (unpaired) electrons. The fourth-order valence-corrected chi connectivity index (χ4v) is 5.49. The Balaban J connectivity index is 1.54. The molecule has 0 aliphatic heterocycles. The van der Waals surface area contributed by atoms with Gasteiger partial charge in [-0.2, -0.15) is 0 Å². The van der Waals surface area contributed by atoms with E-state index in [1.807, 2.05) is 47.4 Å². The quantitative estimate of drug-likeness (QED) is 0.241. The Morgan fingerprint density at radius 2 is 1.79 bits per heavy atom. The highest BCUT2D eigenvalue weighted by Crippen LogP contribution is 2.34. The van der Waals surface area contributed by atoms with Crippen molar-refractivity contribution in [3.63, 3.8) is 0 Å². The Morgan fingerprint density at radius 3 is 2.48 bits per heavy atom. The van der Waals surface area contributed by atoms with E-state index >= 15 is 0 Å². The molecule has 4 aromatic rings. The molecule has 170 valence electrons. The average Bonchev–Trinajstić information content (AvgIpc) is 3.27. The van der Waals surface area contributed by atoms with E-state index in [0.29, 0.717) is 24.6 Å². The third kappa shape index (κ3) is 5.75. The number of carbonyl (C=O) groups is 1. The van der Waals surface area contributed by atoms with Gasteiger partial charge in [0, 0.05) is 17.1 Å². The number of thioether (sulfide) groups is 1. The minimum atomic E-state index is 0.0880. The summed E-state index contributed by atoms with van der Waals surface area (Å²) in [6.45, 7) is 4.87. The third-order valence-corrected chi connectivity index (χ3v) is 7.48. The molecule has 0 spiro atoms. The van der Waals surface area contributed by atoms with E-state index in [1.54, 1.807) is 30.2 Å². The van der Waals surface area contributed by atoms with Crippen LogP contribution >= 0.6 is 23.1 Å². The van der Waals surface area contributed by atoms with E-state index in [0.717, 1.165) is 31.6 Å². The minimum Gasteiger partial charge on any atom is -0.497 e. The molecule has 0 saturated heterocycles. The highest BCUT2D eigenvalue weighted by atomic mass is 32.2. The van der Waals surface area contributed by atoms with Crippen LogP contribution in [-0.2, 0) is 11.3 Å². The number of aromatic nitrogens is 1. The van der Waals surface area contributed by atoms with E-state index in [1.165, 1.54) is 5.56 Å². The van der Waals surface area contributed by atoms with Crippen LogP contribution in [0.3, 0.4) is 0 Å². The van der Waals surface area contributed by atoms with Crippen molar-refractivity contribution in [3.8, 4) is 5.75 Å². The molecule has 4 nitrogen and oxygen atoms in total. The number of amides is 1. The van der Waals surface area contributed by atoms with Crippen molar-refractivity contribution < 1.29 is 9.53 Å². The maximum Gasteiger partial charge on any atom is 0.229 e. The van der Waals surface area contributed by atoms with Crippen LogP contribution in [0.25, 0.3) is 10.2 Å². The standard InChI is InChI=1S/C27H28N2O2S2/c1-19(2)23-10-7-11-24-26(23)28-27(33-24)29(18-20-8-5-4-6-9-20)25(30)16-17-32-22-14-12-21(31-3)13-15-22/h4-15,19H,16-18H2,1-3H3. The number of hydrogen-bond donors (Lipinski definition) is 0. The lowest BCUT2D eigenvalue weighted by Crippen LogP contribution is -2.30. The largest absolute Gasteiger partial charge is 0.497 e. The van der Waals surface area contributed by atoms with Crippen LogP contribution in [0.2, 0.25) is 0 Å². The number of rotatable bonds is 9. The van der Waals surface area contributed by atoms with Crippen molar-refractivity contribution in [1.82, 2.24) is 4.98 Å². The van der Waals surface area contributed by atoms with Crippen molar-refractivity contribution in [2.24, 2.45) is 0 Å². The van der Waals surface area contributed by atoms with Crippen LogP contribution < -0.4 is 9.64 Å². The van der Waals surface area contributed by atoms with Gasteiger partial charge in [0.15, 0.2) is 5.13 Å². The first-order chi connectivity index (χ1) is 16.0. The lowest BCUT2D eigenvalue weighted by Gasteiger charge is -2.20. The maximum atomic E-state index is 13.4. The zero-order valence-corrected chi connectivity index (χ0v) is 20.8. The molecule has 0 unspecified atom stereocenters. The molecular weight excluding hydrogens is 448 g/mol. The lowest BCUT2D eigenvalue weighted by atomic mass is 10.0. The van der Waals surface area contributed by atoms with Gasteiger partial charge in [0.2, 0.25) is 5.91 Å². The van der Waals surface area contributed by atoms with Gasteiger partial charge in [-0.15, -0.1) is 11.8 Å². The number of thiazole rings is 1. The van der Waals surface area contributed by atoms with Crippen molar-refractivity contribution in [2.45, 2.75) is 37.6 Å². The Kier molecular flexibility index (Phi) is 7.68. The smallest absolute Gasteiger partial charge is 0.229 e. The SMILES string of the molecule is COc1ccc(SCCC(=O)N(Cc2ccccc2)c2nc3c(C(C)C)cccc3s2)cc1. The molecule has 0 aliphatic carbocycles. The van der Waals surface area contributed by atoms with Crippen LogP contribution in [0, 0.1) is 0 Å².